The molecule has 0 aliphatic heterocycles. The number of carbonyl (C=O) groups excluding carboxylic acids is 1. The van der Waals surface area contributed by atoms with E-state index in [9.17, 15) is 13.2 Å². The maximum Gasteiger partial charge on any atom is 0.265 e. The second kappa shape index (κ2) is 10.2. The van der Waals surface area contributed by atoms with Crippen LogP contribution in [-0.4, -0.2) is 33.7 Å². The molecule has 3 aromatic rings. The van der Waals surface area contributed by atoms with Gasteiger partial charge in [-0.25, -0.2) is 8.42 Å². The van der Waals surface area contributed by atoms with Crippen molar-refractivity contribution in [2.75, 3.05) is 22.9 Å². The van der Waals surface area contributed by atoms with Crippen LogP contribution in [0.15, 0.2) is 78.9 Å². The van der Waals surface area contributed by atoms with Crippen molar-refractivity contribution in [2.45, 2.75) is 19.4 Å². The van der Waals surface area contributed by atoms with E-state index < -0.39 is 16.1 Å². The molecule has 32 heavy (non-hydrogen) atoms. The van der Waals surface area contributed by atoms with Crippen molar-refractivity contribution in [3.8, 4) is 17.2 Å². The predicted octanol–water partition coefficient (Wildman–Crippen LogP) is 4.67. The molecule has 8 heteroatoms. The number of benzene rings is 3. The summed E-state index contributed by atoms with van der Waals surface area (Å²) in [4.78, 5) is 12.9. The highest BCUT2D eigenvalue weighted by Crippen LogP contribution is 2.29. The maximum absolute atomic E-state index is 12.9. The monoisotopic (exact) mass is 454 g/mol. The normalized spacial score (nSPS) is 12.0. The van der Waals surface area contributed by atoms with Crippen LogP contribution in [0.1, 0.15) is 13.3 Å². The molecule has 0 aliphatic rings. The van der Waals surface area contributed by atoms with Gasteiger partial charge in [-0.2, -0.15) is 0 Å². The van der Waals surface area contributed by atoms with E-state index in [1.165, 1.54) is 11.4 Å². The number of sulfonamides is 1. The van der Waals surface area contributed by atoms with Crippen LogP contribution in [0.4, 0.5) is 11.4 Å². The Morgan fingerprint density at radius 1 is 0.938 bits per heavy atom. The average molecular weight is 455 g/mol. The van der Waals surface area contributed by atoms with Gasteiger partial charge < -0.3 is 14.8 Å². The van der Waals surface area contributed by atoms with Crippen LogP contribution in [0.3, 0.4) is 0 Å². The third-order valence-electron chi connectivity index (χ3n) is 4.76. The minimum Gasteiger partial charge on any atom is -0.481 e. The number of carbonyl (C=O) groups is 1. The zero-order valence-corrected chi connectivity index (χ0v) is 19.0. The number of amides is 1. The second-order valence-corrected chi connectivity index (χ2v) is 9.15. The van der Waals surface area contributed by atoms with Crippen LogP contribution in [0.25, 0.3) is 0 Å². The number of anilines is 2. The van der Waals surface area contributed by atoms with E-state index >= 15 is 0 Å². The molecule has 1 N–H and O–H groups in total. The maximum atomic E-state index is 12.9. The van der Waals surface area contributed by atoms with E-state index in [0.29, 0.717) is 35.0 Å². The first-order valence-electron chi connectivity index (χ1n) is 10.1. The van der Waals surface area contributed by atoms with Crippen LogP contribution in [0, 0.1) is 0 Å². The van der Waals surface area contributed by atoms with Crippen molar-refractivity contribution in [3.63, 3.8) is 0 Å². The van der Waals surface area contributed by atoms with Gasteiger partial charge in [0.2, 0.25) is 10.0 Å². The highest BCUT2D eigenvalue weighted by molar-refractivity contribution is 7.92. The summed E-state index contributed by atoms with van der Waals surface area (Å²) in [5.74, 6) is 1.34. The largest absolute Gasteiger partial charge is 0.481 e. The molecule has 0 saturated carbocycles. The van der Waals surface area contributed by atoms with Gasteiger partial charge in [0, 0.05) is 7.05 Å². The van der Waals surface area contributed by atoms with Crippen molar-refractivity contribution < 1.29 is 22.7 Å². The second-order valence-electron chi connectivity index (χ2n) is 7.14. The van der Waals surface area contributed by atoms with E-state index in [1.807, 2.05) is 49.4 Å². The molecule has 7 nitrogen and oxygen atoms in total. The predicted molar refractivity (Wildman–Crippen MR) is 126 cm³/mol. The highest BCUT2D eigenvalue weighted by Gasteiger charge is 2.20. The Balaban J connectivity index is 1.69. The van der Waals surface area contributed by atoms with Gasteiger partial charge in [0.15, 0.2) is 11.9 Å². The zero-order chi connectivity index (χ0) is 23.1. The molecular formula is C24H26N2O5S. The number of hydrogen-bond acceptors (Lipinski definition) is 5. The number of nitrogens with one attached hydrogen (secondary N) is 1. The Kier molecular flexibility index (Phi) is 7.37. The summed E-state index contributed by atoms with van der Waals surface area (Å²) in [6, 6.07) is 23.0. The summed E-state index contributed by atoms with van der Waals surface area (Å²) in [6.07, 6.45) is 0.838. The minimum atomic E-state index is -3.35. The quantitative estimate of drug-likeness (QED) is 0.508. The molecule has 0 radical (unpaired) electrons. The molecule has 0 spiro atoms. The molecule has 3 rings (SSSR count). The van der Waals surface area contributed by atoms with Crippen molar-refractivity contribution in [3.05, 3.63) is 78.9 Å². The molecule has 0 bridgehead atoms. The SMILES string of the molecule is CCC(Oc1ccc(N(C)S(C)(=O)=O)cc1)C(=O)Nc1ccccc1Oc1ccccc1. The fourth-order valence-electron chi connectivity index (χ4n) is 2.90. The molecule has 0 aromatic heterocycles. The van der Waals surface area contributed by atoms with Crippen molar-refractivity contribution in [1.82, 2.24) is 0 Å². The molecular weight excluding hydrogens is 428 g/mol. The Morgan fingerprint density at radius 2 is 1.56 bits per heavy atom. The van der Waals surface area contributed by atoms with Gasteiger partial charge in [0.25, 0.3) is 5.91 Å². The van der Waals surface area contributed by atoms with Crippen molar-refractivity contribution in [1.29, 1.82) is 0 Å². The molecule has 1 amide bonds. The number of para-hydroxylation sites is 3. The zero-order valence-electron chi connectivity index (χ0n) is 18.2. The van der Waals surface area contributed by atoms with E-state index in [2.05, 4.69) is 5.32 Å². The summed E-state index contributed by atoms with van der Waals surface area (Å²) in [5, 5.41) is 2.88. The molecule has 3 aromatic carbocycles. The Labute approximate surface area is 188 Å². The van der Waals surface area contributed by atoms with E-state index in [0.717, 1.165) is 6.26 Å². The van der Waals surface area contributed by atoms with Gasteiger partial charge in [-0.3, -0.25) is 9.10 Å². The number of ether oxygens (including phenoxy) is 2. The van der Waals surface area contributed by atoms with Crippen LogP contribution in [-0.2, 0) is 14.8 Å². The highest BCUT2D eigenvalue weighted by atomic mass is 32.2. The summed E-state index contributed by atoms with van der Waals surface area (Å²) in [5.41, 5.74) is 1.04. The van der Waals surface area contributed by atoms with Crippen LogP contribution in [0.5, 0.6) is 17.2 Å². The summed E-state index contributed by atoms with van der Waals surface area (Å²) < 4.78 is 36.3. The lowest BCUT2D eigenvalue weighted by molar-refractivity contribution is -0.122. The van der Waals surface area contributed by atoms with Crippen molar-refractivity contribution in [2.24, 2.45) is 0 Å². The van der Waals surface area contributed by atoms with Crippen LogP contribution >= 0.6 is 0 Å². The fourth-order valence-corrected chi connectivity index (χ4v) is 3.40. The van der Waals surface area contributed by atoms with E-state index in [-0.39, 0.29) is 5.91 Å². The Hall–Kier alpha value is -3.52. The third-order valence-corrected chi connectivity index (χ3v) is 5.96. The Morgan fingerprint density at radius 3 is 2.19 bits per heavy atom. The van der Waals surface area contributed by atoms with Gasteiger partial charge in [-0.1, -0.05) is 37.3 Å². The van der Waals surface area contributed by atoms with Crippen LogP contribution < -0.4 is 19.1 Å². The van der Waals surface area contributed by atoms with Gasteiger partial charge in [0.1, 0.15) is 11.5 Å². The third kappa shape index (κ3) is 6.01. The van der Waals surface area contributed by atoms with Gasteiger partial charge >= 0.3 is 0 Å². The molecule has 168 valence electrons. The summed E-state index contributed by atoms with van der Waals surface area (Å²) >= 11 is 0. The molecule has 0 heterocycles. The van der Waals surface area contributed by atoms with Gasteiger partial charge in [0.05, 0.1) is 17.6 Å². The Bertz CT molecular complexity index is 1150. The smallest absolute Gasteiger partial charge is 0.265 e. The lowest BCUT2D eigenvalue weighted by Gasteiger charge is -2.20. The first-order valence-corrected chi connectivity index (χ1v) is 12.0. The molecule has 0 aliphatic carbocycles. The average Bonchev–Trinajstić information content (AvgIpc) is 2.78. The molecule has 1 unspecified atom stereocenters. The molecule has 0 fully saturated rings. The molecule has 1 atom stereocenters. The number of hydrogen-bond donors (Lipinski definition) is 1. The first-order chi connectivity index (χ1) is 15.3. The summed E-state index contributed by atoms with van der Waals surface area (Å²) in [7, 11) is -1.88. The van der Waals surface area contributed by atoms with E-state index in [4.69, 9.17) is 9.47 Å². The summed E-state index contributed by atoms with van der Waals surface area (Å²) in [6.45, 7) is 1.85. The first kappa shape index (κ1) is 23.1. The number of rotatable bonds is 9. The minimum absolute atomic E-state index is 0.311. The van der Waals surface area contributed by atoms with Gasteiger partial charge in [-0.15, -0.1) is 0 Å². The lowest BCUT2D eigenvalue weighted by atomic mass is 10.2. The lowest BCUT2D eigenvalue weighted by Crippen LogP contribution is -2.32. The van der Waals surface area contributed by atoms with Gasteiger partial charge in [-0.05, 0) is 55.0 Å². The van der Waals surface area contributed by atoms with E-state index in [1.54, 1.807) is 36.4 Å². The van der Waals surface area contributed by atoms with Crippen LogP contribution in [0.2, 0.25) is 0 Å². The number of nitrogens with zero attached hydrogens (tertiary/aromatic N) is 1. The fraction of sp³-hybridized carbons (Fsp3) is 0.208. The van der Waals surface area contributed by atoms with Crippen molar-refractivity contribution >= 4 is 27.3 Å². The topological polar surface area (TPSA) is 84.9 Å². The standard InChI is InChI=1S/C24H26N2O5S/c1-4-22(30-20-16-14-18(15-17-20)26(2)32(3,28)29)24(27)25-21-12-8-9-13-23(21)31-19-10-6-5-7-11-19/h5-17,22H,4H2,1-3H3,(H,25,27). The molecule has 0 saturated heterocycles.